The number of hydrogen-bond acceptors (Lipinski definition) is 3. The average Bonchev–Trinajstić information content (AvgIpc) is 3.37. The molecule has 2 amide bonds. The monoisotopic (exact) mass is 349 g/mol. The molecule has 0 radical (unpaired) electrons. The predicted octanol–water partition coefficient (Wildman–Crippen LogP) is 1.96. The van der Waals surface area contributed by atoms with Crippen LogP contribution in [0.25, 0.3) is 0 Å². The van der Waals surface area contributed by atoms with Gasteiger partial charge in [-0.3, -0.25) is 14.9 Å². The van der Waals surface area contributed by atoms with Crippen LogP contribution in [-0.4, -0.2) is 35.3 Å². The lowest BCUT2D eigenvalue weighted by molar-refractivity contribution is -0.128. The minimum absolute atomic E-state index is 0.0581. The van der Waals surface area contributed by atoms with E-state index in [1.807, 2.05) is 53.4 Å². The summed E-state index contributed by atoms with van der Waals surface area (Å²) >= 11 is 0. The maximum atomic E-state index is 12.5. The van der Waals surface area contributed by atoms with Gasteiger partial charge in [0.15, 0.2) is 0 Å². The number of nitrogens with zero attached hydrogens (tertiary/aromatic N) is 1. The van der Waals surface area contributed by atoms with Gasteiger partial charge in [0.25, 0.3) is 0 Å². The Morgan fingerprint density at radius 3 is 2.38 bits per heavy atom. The van der Waals surface area contributed by atoms with E-state index >= 15 is 0 Å². The van der Waals surface area contributed by atoms with Crippen molar-refractivity contribution in [1.29, 1.82) is 0 Å². The molecule has 2 aliphatic rings. The molecule has 134 valence electrons. The number of likely N-dealkylation sites (tertiary alicyclic amines) is 1. The topological polar surface area (TPSA) is 75.4 Å². The second-order valence-corrected chi connectivity index (χ2v) is 7.18. The third-order valence-electron chi connectivity index (χ3n) is 5.36. The van der Waals surface area contributed by atoms with Crippen molar-refractivity contribution in [2.45, 2.75) is 36.9 Å². The number of primary amides is 1. The first-order valence-corrected chi connectivity index (χ1v) is 9.08. The highest BCUT2D eigenvalue weighted by atomic mass is 16.2. The van der Waals surface area contributed by atoms with Crippen molar-refractivity contribution in [3.8, 4) is 0 Å². The molecule has 5 nitrogen and oxygen atoms in total. The molecule has 1 aliphatic carbocycles. The van der Waals surface area contributed by atoms with Gasteiger partial charge in [-0.2, -0.15) is 0 Å². The standard InChI is InChI=1S/C21H23N3O2/c22-21(26)20(15-9-5-2-6-10-15)23-16-11-19(25)24(13-16)18-12-17(18)14-7-3-1-4-8-14/h1-10,16-18,20,23H,11-13H2,(H2,22,26). The van der Waals surface area contributed by atoms with E-state index in [0.717, 1.165) is 12.0 Å². The van der Waals surface area contributed by atoms with Gasteiger partial charge in [0.2, 0.25) is 11.8 Å². The number of nitrogens with two attached hydrogens (primary N) is 1. The number of hydrogen-bond donors (Lipinski definition) is 2. The van der Waals surface area contributed by atoms with E-state index in [9.17, 15) is 9.59 Å². The van der Waals surface area contributed by atoms with E-state index < -0.39 is 11.9 Å². The molecule has 2 aromatic rings. The molecule has 4 atom stereocenters. The molecule has 1 saturated carbocycles. The van der Waals surface area contributed by atoms with Crippen molar-refractivity contribution in [2.24, 2.45) is 5.73 Å². The summed E-state index contributed by atoms with van der Waals surface area (Å²) in [6, 6.07) is 19.4. The molecule has 1 saturated heterocycles. The Hall–Kier alpha value is -2.66. The van der Waals surface area contributed by atoms with Crippen molar-refractivity contribution in [2.75, 3.05) is 6.54 Å². The number of carbonyl (C=O) groups excluding carboxylic acids is 2. The van der Waals surface area contributed by atoms with Crippen molar-refractivity contribution < 1.29 is 9.59 Å². The molecular weight excluding hydrogens is 326 g/mol. The van der Waals surface area contributed by atoms with Gasteiger partial charge >= 0.3 is 0 Å². The second kappa shape index (κ2) is 6.92. The van der Waals surface area contributed by atoms with Crippen LogP contribution in [0.15, 0.2) is 60.7 Å². The van der Waals surface area contributed by atoms with Crippen molar-refractivity contribution >= 4 is 11.8 Å². The summed E-state index contributed by atoms with van der Waals surface area (Å²) in [6.45, 7) is 0.628. The summed E-state index contributed by atoms with van der Waals surface area (Å²) in [5.74, 6) is 0.165. The first kappa shape index (κ1) is 16.8. The number of amides is 2. The highest BCUT2D eigenvalue weighted by Gasteiger charge is 2.48. The van der Waals surface area contributed by atoms with Crippen molar-refractivity contribution in [3.05, 3.63) is 71.8 Å². The SMILES string of the molecule is NC(=O)C(NC1CC(=O)N(C2CC2c2ccccc2)C1)c1ccccc1. The fourth-order valence-corrected chi connectivity index (χ4v) is 3.97. The van der Waals surface area contributed by atoms with Gasteiger partial charge in [-0.05, 0) is 17.5 Å². The smallest absolute Gasteiger partial charge is 0.239 e. The van der Waals surface area contributed by atoms with Crippen LogP contribution < -0.4 is 11.1 Å². The summed E-state index contributed by atoms with van der Waals surface area (Å²) in [5, 5.41) is 3.29. The van der Waals surface area contributed by atoms with E-state index in [-0.39, 0.29) is 18.0 Å². The number of carbonyl (C=O) groups is 2. The molecule has 1 aliphatic heterocycles. The summed E-state index contributed by atoms with van der Waals surface area (Å²) < 4.78 is 0. The van der Waals surface area contributed by atoms with Gasteiger partial charge in [-0.15, -0.1) is 0 Å². The van der Waals surface area contributed by atoms with Gasteiger partial charge in [0.05, 0.1) is 0 Å². The molecular formula is C21H23N3O2. The molecule has 4 rings (SSSR count). The lowest BCUT2D eigenvalue weighted by atomic mass is 10.1. The third-order valence-corrected chi connectivity index (χ3v) is 5.36. The van der Waals surface area contributed by atoms with Gasteiger partial charge in [-0.1, -0.05) is 60.7 Å². The molecule has 2 aromatic carbocycles. The largest absolute Gasteiger partial charge is 0.368 e. The summed E-state index contributed by atoms with van der Waals surface area (Å²) in [4.78, 5) is 26.4. The number of rotatable bonds is 6. The van der Waals surface area contributed by atoms with E-state index in [1.165, 1.54) is 5.56 Å². The summed E-state index contributed by atoms with van der Waals surface area (Å²) in [5.41, 5.74) is 7.71. The highest BCUT2D eigenvalue weighted by Crippen LogP contribution is 2.46. The minimum Gasteiger partial charge on any atom is -0.368 e. The second-order valence-electron chi connectivity index (χ2n) is 7.18. The first-order chi connectivity index (χ1) is 12.6. The molecule has 0 bridgehead atoms. The van der Waals surface area contributed by atoms with Crippen molar-refractivity contribution in [1.82, 2.24) is 10.2 Å². The van der Waals surface area contributed by atoms with Gasteiger partial charge in [0, 0.05) is 31.0 Å². The van der Waals surface area contributed by atoms with E-state index in [0.29, 0.717) is 18.9 Å². The van der Waals surface area contributed by atoms with E-state index in [1.54, 1.807) is 0 Å². The van der Waals surface area contributed by atoms with Crippen LogP contribution in [0, 0.1) is 0 Å². The van der Waals surface area contributed by atoms with Crippen LogP contribution in [0.3, 0.4) is 0 Å². The van der Waals surface area contributed by atoms with Crippen LogP contribution in [0.5, 0.6) is 0 Å². The van der Waals surface area contributed by atoms with Crippen LogP contribution in [0.2, 0.25) is 0 Å². The Kier molecular flexibility index (Phi) is 4.47. The van der Waals surface area contributed by atoms with E-state index in [4.69, 9.17) is 5.73 Å². The molecule has 1 heterocycles. The fourth-order valence-electron chi connectivity index (χ4n) is 3.97. The Bertz CT molecular complexity index is 793. The number of benzene rings is 2. The zero-order valence-corrected chi connectivity index (χ0v) is 14.5. The lowest BCUT2D eigenvalue weighted by Gasteiger charge is -2.21. The van der Waals surface area contributed by atoms with Gasteiger partial charge in [-0.25, -0.2) is 0 Å². The zero-order chi connectivity index (χ0) is 18.1. The molecule has 5 heteroatoms. The molecule has 4 unspecified atom stereocenters. The maximum absolute atomic E-state index is 12.5. The first-order valence-electron chi connectivity index (χ1n) is 9.08. The Morgan fingerprint density at radius 2 is 1.73 bits per heavy atom. The summed E-state index contributed by atoms with van der Waals surface area (Å²) in [7, 11) is 0. The van der Waals surface area contributed by atoms with E-state index in [2.05, 4.69) is 17.4 Å². The minimum atomic E-state index is -0.571. The molecule has 2 fully saturated rings. The van der Waals surface area contributed by atoms with Crippen LogP contribution in [0.1, 0.15) is 35.9 Å². The fraction of sp³-hybridized carbons (Fsp3) is 0.333. The molecule has 26 heavy (non-hydrogen) atoms. The quantitative estimate of drug-likeness (QED) is 0.837. The third kappa shape index (κ3) is 3.35. The Balaban J connectivity index is 1.41. The Morgan fingerprint density at radius 1 is 1.08 bits per heavy atom. The highest BCUT2D eigenvalue weighted by molar-refractivity contribution is 5.83. The Labute approximate surface area is 153 Å². The summed E-state index contributed by atoms with van der Waals surface area (Å²) in [6.07, 6.45) is 1.43. The average molecular weight is 349 g/mol. The van der Waals surface area contributed by atoms with Crippen LogP contribution in [0.4, 0.5) is 0 Å². The molecule has 0 aromatic heterocycles. The normalized spacial score (nSPS) is 25.9. The maximum Gasteiger partial charge on any atom is 0.239 e. The predicted molar refractivity (Wildman–Crippen MR) is 99.2 cm³/mol. The zero-order valence-electron chi connectivity index (χ0n) is 14.5. The van der Waals surface area contributed by atoms with Gasteiger partial charge in [0.1, 0.15) is 6.04 Å². The van der Waals surface area contributed by atoms with Crippen LogP contribution in [-0.2, 0) is 9.59 Å². The van der Waals surface area contributed by atoms with Crippen molar-refractivity contribution in [3.63, 3.8) is 0 Å². The van der Waals surface area contributed by atoms with Crippen LogP contribution >= 0.6 is 0 Å². The molecule has 3 N–H and O–H groups in total. The number of nitrogens with one attached hydrogen (secondary N) is 1. The molecule has 0 spiro atoms. The lowest BCUT2D eigenvalue weighted by Crippen LogP contribution is -2.41. The van der Waals surface area contributed by atoms with Gasteiger partial charge < -0.3 is 10.6 Å².